The molecule has 0 bridgehead atoms. The van der Waals surface area contributed by atoms with E-state index < -0.39 is 23.9 Å². The summed E-state index contributed by atoms with van der Waals surface area (Å²) in [7, 11) is 0. The molecule has 2 rings (SSSR count). The molecule has 2 N–H and O–H groups in total. The summed E-state index contributed by atoms with van der Waals surface area (Å²) in [4.78, 5) is 24.1. The summed E-state index contributed by atoms with van der Waals surface area (Å²) < 4.78 is 18.4. The van der Waals surface area contributed by atoms with E-state index in [0.717, 1.165) is 6.07 Å². The van der Waals surface area contributed by atoms with Crippen molar-refractivity contribution in [2.24, 2.45) is 0 Å². The molecule has 1 aliphatic rings. The monoisotopic (exact) mass is 293 g/mol. The SMILES string of the molecule is N#Cc1c(F)cccc1NC(=O)N1CCOC(C(=O)O)C1. The molecule has 1 saturated heterocycles. The summed E-state index contributed by atoms with van der Waals surface area (Å²) in [6.07, 6.45) is -1.09. The Morgan fingerprint density at radius 3 is 2.95 bits per heavy atom. The molecule has 0 spiro atoms. The molecule has 0 radical (unpaired) electrons. The number of nitriles is 1. The van der Waals surface area contributed by atoms with E-state index in [1.165, 1.54) is 17.0 Å². The molecule has 0 saturated carbocycles. The zero-order chi connectivity index (χ0) is 15.4. The number of halogens is 1. The van der Waals surface area contributed by atoms with Gasteiger partial charge in [-0.2, -0.15) is 5.26 Å². The topological polar surface area (TPSA) is 103 Å². The molecule has 1 atom stereocenters. The third-order valence-electron chi connectivity index (χ3n) is 3.00. The van der Waals surface area contributed by atoms with Crippen LogP contribution in [0.5, 0.6) is 0 Å². The number of urea groups is 1. The zero-order valence-electron chi connectivity index (χ0n) is 10.9. The average molecular weight is 293 g/mol. The summed E-state index contributed by atoms with van der Waals surface area (Å²) >= 11 is 0. The lowest BCUT2D eigenvalue weighted by Gasteiger charge is -2.30. The van der Waals surface area contributed by atoms with E-state index in [2.05, 4.69) is 5.32 Å². The van der Waals surface area contributed by atoms with Crippen LogP contribution < -0.4 is 5.32 Å². The highest BCUT2D eigenvalue weighted by Gasteiger charge is 2.29. The summed E-state index contributed by atoms with van der Waals surface area (Å²) in [6, 6.07) is 4.95. The van der Waals surface area contributed by atoms with Crippen LogP contribution in [0.25, 0.3) is 0 Å². The van der Waals surface area contributed by atoms with Gasteiger partial charge in [0.25, 0.3) is 0 Å². The van der Waals surface area contributed by atoms with Crippen molar-refractivity contribution in [2.45, 2.75) is 6.10 Å². The minimum Gasteiger partial charge on any atom is -0.479 e. The second-order valence-electron chi connectivity index (χ2n) is 4.35. The van der Waals surface area contributed by atoms with Crippen molar-refractivity contribution >= 4 is 17.7 Å². The molecule has 110 valence electrons. The highest BCUT2D eigenvalue weighted by Crippen LogP contribution is 2.18. The van der Waals surface area contributed by atoms with Crippen LogP contribution in [-0.4, -0.2) is 47.8 Å². The molecule has 1 heterocycles. The number of hydrogen-bond acceptors (Lipinski definition) is 4. The van der Waals surface area contributed by atoms with Crippen molar-refractivity contribution in [3.63, 3.8) is 0 Å². The fraction of sp³-hybridized carbons (Fsp3) is 0.308. The summed E-state index contributed by atoms with van der Waals surface area (Å²) in [5.41, 5.74) is -0.227. The van der Waals surface area contributed by atoms with Crippen LogP contribution in [0, 0.1) is 17.1 Å². The lowest BCUT2D eigenvalue weighted by molar-refractivity contribution is -0.154. The zero-order valence-corrected chi connectivity index (χ0v) is 10.9. The second-order valence-corrected chi connectivity index (χ2v) is 4.35. The highest BCUT2D eigenvalue weighted by molar-refractivity contribution is 5.91. The standard InChI is InChI=1S/C13H12FN3O4/c14-9-2-1-3-10(8(9)6-15)16-13(20)17-4-5-21-11(7-17)12(18)19/h1-3,11H,4-5,7H2,(H,16,20)(H,18,19). The van der Waals surface area contributed by atoms with E-state index >= 15 is 0 Å². The molecule has 1 fully saturated rings. The number of rotatable bonds is 2. The lowest BCUT2D eigenvalue weighted by Crippen LogP contribution is -2.50. The Labute approximate surface area is 119 Å². The summed E-state index contributed by atoms with van der Waals surface area (Å²) in [5, 5.41) is 20.2. The van der Waals surface area contributed by atoms with E-state index in [1.807, 2.05) is 0 Å². The molecule has 7 nitrogen and oxygen atoms in total. The molecule has 21 heavy (non-hydrogen) atoms. The smallest absolute Gasteiger partial charge is 0.334 e. The molecule has 1 aromatic carbocycles. The number of carbonyl (C=O) groups excluding carboxylic acids is 1. The van der Waals surface area contributed by atoms with Crippen LogP contribution >= 0.6 is 0 Å². The quantitative estimate of drug-likeness (QED) is 0.847. The number of carboxylic acids is 1. The Morgan fingerprint density at radius 2 is 2.29 bits per heavy atom. The van der Waals surface area contributed by atoms with Crippen LogP contribution in [0.3, 0.4) is 0 Å². The van der Waals surface area contributed by atoms with Gasteiger partial charge in [-0.1, -0.05) is 6.07 Å². The third-order valence-corrected chi connectivity index (χ3v) is 3.00. The highest BCUT2D eigenvalue weighted by atomic mass is 19.1. The molecule has 1 aromatic rings. The maximum atomic E-state index is 13.4. The fourth-order valence-corrected chi connectivity index (χ4v) is 1.92. The largest absolute Gasteiger partial charge is 0.479 e. The molecular weight excluding hydrogens is 281 g/mol. The van der Waals surface area contributed by atoms with Crippen molar-refractivity contribution < 1.29 is 23.8 Å². The van der Waals surface area contributed by atoms with E-state index in [9.17, 15) is 14.0 Å². The van der Waals surface area contributed by atoms with Crippen molar-refractivity contribution in [1.29, 1.82) is 5.26 Å². The molecule has 1 unspecified atom stereocenters. The first-order valence-electron chi connectivity index (χ1n) is 6.12. The average Bonchev–Trinajstić information content (AvgIpc) is 2.47. The first kappa shape index (κ1) is 14.7. The Kier molecular flexibility index (Phi) is 4.35. The number of aliphatic carboxylic acids is 1. The van der Waals surface area contributed by atoms with Gasteiger partial charge >= 0.3 is 12.0 Å². The van der Waals surface area contributed by atoms with Crippen LogP contribution in [0.15, 0.2) is 18.2 Å². The molecule has 1 aliphatic heterocycles. The summed E-state index contributed by atoms with van der Waals surface area (Å²) in [5.74, 6) is -1.89. The van der Waals surface area contributed by atoms with Crippen molar-refractivity contribution in [3.8, 4) is 6.07 Å². The number of nitrogens with one attached hydrogen (secondary N) is 1. The van der Waals surface area contributed by atoms with Crippen LogP contribution in [0.1, 0.15) is 5.56 Å². The van der Waals surface area contributed by atoms with Crippen molar-refractivity contribution in [3.05, 3.63) is 29.6 Å². The van der Waals surface area contributed by atoms with E-state index in [1.54, 1.807) is 6.07 Å². The number of hydrogen-bond donors (Lipinski definition) is 2. The van der Waals surface area contributed by atoms with Gasteiger partial charge in [-0.15, -0.1) is 0 Å². The van der Waals surface area contributed by atoms with Gasteiger partial charge in [0.05, 0.1) is 18.8 Å². The number of carboxylic acid groups (broad SMARTS) is 1. The van der Waals surface area contributed by atoms with Crippen LogP contribution in [0.2, 0.25) is 0 Å². The van der Waals surface area contributed by atoms with Gasteiger partial charge in [-0.3, -0.25) is 0 Å². The summed E-state index contributed by atoms with van der Waals surface area (Å²) in [6.45, 7) is 0.198. The number of anilines is 1. The van der Waals surface area contributed by atoms with Gasteiger partial charge in [-0.05, 0) is 12.1 Å². The Morgan fingerprint density at radius 1 is 1.52 bits per heavy atom. The van der Waals surface area contributed by atoms with Gasteiger partial charge in [0.1, 0.15) is 17.4 Å². The third kappa shape index (κ3) is 3.27. The number of amides is 2. The van der Waals surface area contributed by atoms with Gasteiger partial charge in [0.15, 0.2) is 6.10 Å². The van der Waals surface area contributed by atoms with Gasteiger partial charge in [0.2, 0.25) is 0 Å². The maximum absolute atomic E-state index is 13.4. The normalized spacial score (nSPS) is 17.9. The van der Waals surface area contributed by atoms with E-state index in [0.29, 0.717) is 0 Å². The van der Waals surface area contributed by atoms with Gasteiger partial charge < -0.3 is 20.1 Å². The van der Waals surface area contributed by atoms with E-state index in [4.69, 9.17) is 15.1 Å². The first-order chi connectivity index (χ1) is 10.0. The fourth-order valence-electron chi connectivity index (χ4n) is 1.92. The number of benzene rings is 1. The van der Waals surface area contributed by atoms with Gasteiger partial charge in [0, 0.05) is 6.54 Å². The Hall–Kier alpha value is -2.66. The van der Waals surface area contributed by atoms with Crippen molar-refractivity contribution in [1.82, 2.24) is 4.90 Å². The lowest BCUT2D eigenvalue weighted by atomic mass is 10.2. The maximum Gasteiger partial charge on any atom is 0.334 e. The first-order valence-corrected chi connectivity index (χ1v) is 6.12. The van der Waals surface area contributed by atoms with Crippen molar-refractivity contribution in [2.75, 3.05) is 25.0 Å². The Bertz CT molecular complexity index is 614. The molecular formula is C13H12FN3O4. The predicted molar refractivity (Wildman–Crippen MR) is 69.1 cm³/mol. The minimum atomic E-state index is -1.16. The van der Waals surface area contributed by atoms with E-state index in [-0.39, 0.29) is 30.9 Å². The minimum absolute atomic E-state index is 0.0425. The number of morpholine rings is 1. The number of carbonyl (C=O) groups is 2. The number of ether oxygens (including phenoxy) is 1. The van der Waals surface area contributed by atoms with Crippen LogP contribution in [-0.2, 0) is 9.53 Å². The van der Waals surface area contributed by atoms with Gasteiger partial charge in [-0.25, -0.2) is 14.0 Å². The Balaban J connectivity index is 2.10. The molecule has 0 aromatic heterocycles. The molecule has 0 aliphatic carbocycles. The second kappa shape index (κ2) is 6.19. The number of nitrogens with zero attached hydrogens (tertiary/aromatic N) is 2. The molecule has 8 heteroatoms. The molecule has 2 amide bonds. The predicted octanol–water partition coefficient (Wildman–Crippen LogP) is 1.01. The van der Waals surface area contributed by atoms with Crippen LogP contribution in [0.4, 0.5) is 14.9 Å².